The normalized spacial score (nSPS) is 12.2. The summed E-state index contributed by atoms with van der Waals surface area (Å²) in [5, 5.41) is 2.32. The summed E-state index contributed by atoms with van der Waals surface area (Å²) in [6, 6.07) is 10.6. The zero-order valence-electron chi connectivity index (χ0n) is 14.3. The van der Waals surface area contributed by atoms with E-state index in [1.807, 2.05) is 31.3 Å². The molecule has 1 heterocycles. The Kier molecular flexibility index (Phi) is 7.23. The molecule has 8 heteroatoms. The summed E-state index contributed by atoms with van der Waals surface area (Å²) in [5.74, 6) is 1.47. The summed E-state index contributed by atoms with van der Waals surface area (Å²) in [6.45, 7) is 3.03. The largest absolute Gasteiger partial charge is 0.491 e. The molecule has 3 aromatic rings. The Labute approximate surface area is 182 Å². The highest BCUT2D eigenvalue weighted by Crippen LogP contribution is 2.37. The monoisotopic (exact) mass is 460 g/mol. The fourth-order valence-electron chi connectivity index (χ4n) is 2.47. The number of aromatic nitrogens is 2. The fraction of sp³-hybridized carbons (Fsp3) is 0.211. The number of imidazole rings is 1. The molecule has 1 unspecified atom stereocenters. The Morgan fingerprint density at radius 3 is 2.48 bits per heavy atom. The summed E-state index contributed by atoms with van der Waals surface area (Å²) in [4.78, 5) is 5.10. The molecule has 0 N–H and O–H groups in total. The van der Waals surface area contributed by atoms with E-state index >= 15 is 0 Å². The third-order valence-electron chi connectivity index (χ3n) is 3.85. The first kappa shape index (κ1) is 20.7. The first-order valence-electron chi connectivity index (χ1n) is 8.10. The first-order valence-corrected chi connectivity index (χ1v) is 10.5. The molecule has 0 amide bonds. The second-order valence-corrected chi connectivity index (χ2v) is 8.77. The molecule has 1 atom stereocenters. The predicted molar refractivity (Wildman–Crippen MR) is 115 cm³/mol. The number of ether oxygens (including phenoxy) is 1. The Morgan fingerprint density at radius 2 is 1.81 bits per heavy atom. The number of benzene rings is 2. The molecule has 0 bridgehead atoms. The van der Waals surface area contributed by atoms with Crippen LogP contribution >= 0.6 is 58.2 Å². The highest BCUT2D eigenvalue weighted by Gasteiger charge is 2.18. The lowest BCUT2D eigenvalue weighted by molar-refractivity contribution is 0.307. The number of aryl methyl sites for hydroxylation is 1. The van der Waals surface area contributed by atoms with Crippen molar-refractivity contribution in [1.29, 1.82) is 0 Å². The lowest BCUT2D eigenvalue weighted by atomic mass is 10.3. The van der Waals surface area contributed by atoms with E-state index in [4.69, 9.17) is 51.1 Å². The van der Waals surface area contributed by atoms with Crippen molar-refractivity contribution in [2.75, 3.05) is 6.61 Å². The molecule has 0 radical (unpaired) electrons. The second kappa shape index (κ2) is 9.44. The summed E-state index contributed by atoms with van der Waals surface area (Å²) in [5.41, 5.74) is 0. The van der Waals surface area contributed by atoms with Crippen molar-refractivity contribution in [3.8, 4) is 5.75 Å². The quantitative estimate of drug-likeness (QED) is 0.353. The average Bonchev–Trinajstić information content (AvgIpc) is 3.03. The lowest BCUT2D eigenvalue weighted by Gasteiger charge is -2.20. The van der Waals surface area contributed by atoms with Gasteiger partial charge in [0, 0.05) is 34.9 Å². The predicted octanol–water partition coefficient (Wildman–Crippen LogP) is 7.05. The fourth-order valence-corrected chi connectivity index (χ4v) is 4.54. The summed E-state index contributed by atoms with van der Waals surface area (Å²) in [7, 11) is 0. The molecular formula is C19H16Cl4N2OS. The van der Waals surface area contributed by atoms with Crippen LogP contribution in [0.1, 0.15) is 5.82 Å². The van der Waals surface area contributed by atoms with E-state index in [1.54, 1.807) is 36.2 Å². The molecule has 3 rings (SSSR count). The zero-order chi connectivity index (χ0) is 19.4. The van der Waals surface area contributed by atoms with E-state index in [0.717, 1.165) is 10.7 Å². The zero-order valence-corrected chi connectivity index (χ0v) is 18.2. The van der Waals surface area contributed by atoms with Gasteiger partial charge < -0.3 is 9.30 Å². The van der Waals surface area contributed by atoms with Crippen molar-refractivity contribution < 1.29 is 4.74 Å². The summed E-state index contributed by atoms with van der Waals surface area (Å²) in [6.07, 6.45) is 3.71. The molecule has 0 saturated heterocycles. The number of hydrogen-bond acceptors (Lipinski definition) is 3. The van der Waals surface area contributed by atoms with Gasteiger partial charge in [0.15, 0.2) is 0 Å². The van der Waals surface area contributed by atoms with Crippen molar-refractivity contribution in [2.24, 2.45) is 0 Å². The third-order valence-corrected chi connectivity index (χ3v) is 6.54. The van der Waals surface area contributed by atoms with E-state index in [-0.39, 0.29) is 5.25 Å². The Bertz CT molecular complexity index is 912. The van der Waals surface area contributed by atoms with E-state index in [1.165, 1.54) is 0 Å². The van der Waals surface area contributed by atoms with E-state index in [0.29, 0.717) is 39.0 Å². The third kappa shape index (κ3) is 5.49. The van der Waals surface area contributed by atoms with Crippen LogP contribution in [0.2, 0.25) is 20.1 Å². The van der Waals surface area contributed by atoms with Gasteiger partial charge in [0.05, 0.1) is 20.3 Å². The van der Waals surface area contributed by atoms with Gasteiger partial charge in [0.25, 0.3) is 0 Å². The number of thioether (sulfide) groups is 1. The highest BCUT2D eigenvalue weighted by molar-refractivity contribution is 8.00. The van der Waals surface area contributed by atoms with E-state index in [9.17, 15) is 0 Å². The molecule has 0 saturated carbocycles. The van der Waals surface area contributed by atoms with Gasteiger partial charge in [-0.05, 0) is 31.2 Å². The van der Waals surface area contributed by atoms with Crippen molar-refractivity contribution in [3.05, 3.63) is 74.7 Å². The van der Waals surface area contributed by atoms with Crippen LogP contribution < -0.4 is 4.74 Å². The van der Waals surface area contributed by atoms with Crippen LogP contribution in [0.4, 0.5) is 0 Å². The topological polar surface area (TPSA) is 27.1 Å². The van der Waals surface area contributed by atoms with Crippen molar-refractivity contribution in [1.82, 2.24) is 9.55 Å². The van der Waals surface area contributed by atoms with Crippen molar-refractivity contribution >= 4 is 58.2 Å². The van der Waals surface area contributed by atoms with Crippen LogP contribution in [0.5, 0.6) is 5.75 Å². The maximum absolute atomic E-state index is 6.35. The summed E-state index contributed by atoms with van der Waals surface area (Å²) < 4.78 is 8.02. The van der Waals surface area contributed by atoms with Gasteiger partial charge in [0.1, 0.15) is 18.2 Å². The van der Waals surface area contributed by atoms with Gasteiger partial charge in [-0.25, -0.2) is 4.98 Å². The van der Waals surface area contributed by atoms with Crippen LogP contribution in [-0.4, -0.2) is 21.4 Å². The Hall–Kier alpha value is -1.04. The molecule has 142 valence electrons. The lowest BCUT2D eigenvalue weighted by Crippen LogP contribution is -2.21. The smallest absolute Gasteiger partial charge is 0.139 e. The Balaban J connectivity index is 1.81. The Morgan fingerprint density at radius 1 is 1.07 bits per heavy atom. The molecule has 3 nitrogen and oxygen atoms in total. The van der Waals surface area contributed by atoms with Gasteiger partial charge in [-0.1, -0.05) is 52.5 Å². The summed E-state index contributed by atoms with van der Waals surface area (Å²) >= 11 is 26.5. The van der Waals surface area contributed by atoms with Gasteiger partial charge >= 0.3 is 0 Å². The highest BCUT2D eigenvalue weighted by atomic mass is 35.5. The minimum absolute atomic E-state index is 0.0188. The first-order chi connectivity index (χ1) is 12.9. The number of hydrogen-bond donors (Lipinski definition) is 0. The van der Waals surface area contributed by atoms with Crippen LogP contribution in [0, 0.1) is 6.92 Å². The van der Waals surface area contributed by atoms with Crippen LogP contribution in [0.3, 0.4) is 0 Å². The second-order valence-electron chi connectivity index (χ2n) is 5.80. The average molecular weight is 462 g/mol. The number of nitrogens with zero attached hydrogens (tertiary/aromatic N) is 2. The van der Waals surface area contributed by atoms with Crippen LogP contribution in [0.15, 0.2) is 53.7 Å². The molecular weight excluding hydrogens is 446 g/mol. The molecule has 2 aromatic carbocycles. The SMILES string of the molecule is Cc1nccn1CC(COc1cc(Cl)ccc1Cl)Sc1c(Cl)cccc1Cl. The van der Waals surface area contributed by atoms with Gasteiger partial charge in [0.2, 0.25) is 0 Å². The number of halogens is 4. The molecule has 1 aromatic heterocycles. The molecule has 27 heavy (non-hydrogen) atoms. The molecule has 0 aliphatic carbocycles. The van der Waals surface area contributed by atoms with Gasteiger partial charge in [-0.2, -0.15) is 0 Å². The van der Waals surface area contributed by atoms with Crippen molar-refractivity contribution in [2.45, 2.75) is 23.6 Å². The minimum Gasteiger partial charge on any atom is -0.491 e. The van der Waals surface area contributed by atoms with Crippen LogP contribution in [0.25, 0.3) is 0 Å². The number of rotatable bonds is 7. The maximum atomic E-state index is 6.35. The minimum atomic E-state index is 0.0188. The standard InChI is InChI=1S/C19H16Cl4N2OS/c1-12-24-7-8-25(12)10-14(27-19-16(22)3-2-4-17(19)23)11-26-18-9-13(20)5-6-15(18)21/h2-9,14H,10-11H2,1H3. The molecule has 0 aliphatic heterocycles. The molecule has 0 aliphatic rings. The van der Waals surface area contributed by atoms with E-state index in [2.05, 4.69) is 9.55 Å². The molecule has 0 spiro atoms. The van der Waals surface area contributed by atoms with Crippen molar-refractivity contribution in [3.63, 3.8) is 0 Å². The van der Waals surface area contributed by atoms with E-state index < -0.39 is 0 Å². The van der Waals surface area contributed by atoms with Crippen LogP contribution in [-0.2, 0) is 6.54 Å². The van der Waals surface area contributed by atoms with Gasteiger partial charge in [-0.15, -0.1) is 11.8 Å². The van der Waals surface area contributed by atoms with Gasteiger partial charge in [-0.3, -0.25) is 0 Å². The molecule has 0 fully saturated rings. The maximum Gasteiger partial charge on any atom is 0.139 e.